The predicted octanol–water partition coefficient (Wildman–Crippen LogP) is 2.31. The molecule has 1 atom stereocenters. The molecule has 2 heterocycles. The average molecular weight is 315 g/mol. The first-order chi connectivity index (χ1) is 11.1. The van der Waals surface area contributed by atoms with E-state index in [-0.39, 0.29) is 11.8 Å². The van der Waals surface area contributed by atoms with Gasteiger partial charge in [0, 0.05) is 36.8 Å². The zero-order valence-electron chi connectivity index (χ0n) is 13.7. The zero-order valence-corrected chi connectivity index (χ0v) is 13.7. The number of rotatable bonds is 4. The third-order valence-electron chi connectivity index (χ3n) is 4.73. The van der Waals surface area contributed by atoms with E-state index < -0.39 is 0 Å². The van der Waals surface area contributed by atoms with Crippen molar-refractivity contribution >= 4 is 17.5 Å². The molecule has 1 aromatic carbocycles. The van der Waals surface area contributed by atoms with Crippen LogP contribution in [0.1, 0.15) is 48.0 Å². The first-order valence-electron chi connectivity index (χ1n) is 8.56. The Hall–Kier alpha value is -1.88. The van der Waals surface area contributed by atoms with Gasteiger partial charge in [-0.3, -0.25) is 9.59 Å². The molecule has 0 spiro atoms. The lowest BCUT2D eigenvalue weighted by molar-refractivity contribution is -0.116. The van der Waals surface area contributed by atoms with Gasteiger partial charge in [0.15, 0.2) is 0 Å². The summed E-state index contributed by atoms with van der Waals surface area (Å²) in [4.78, 5) is 26.4. The number of nitrogens with one attached hydrogen (secondary N) is 2. The van der Waals surface area contributed by atoms with Crippen molar-refractivity contribution in [2.24, 2.45) is 0 Å². The van der Waals surface area contributed by atoms with Crippen LogP contribution in [-0.4, -0.2) is 42.4 Å². The van der Waals surface area contributed by atoms with E-state index in [1.807, 2.05) is 30.0 Å². The quantitative estimate of drug-likeness (QED) is 0.896. The van der Waals surface area contributed by atoms with E-state index in [9.17, 15) is 9.59 Å². The van der Waals surface area contributed by atoms with Crippen molar-refractivity contribution in [3.63, 3.8) is 0 Å². The SMILES string of the molecule is Cc1cc(C(=O)N2CCCC2)ccc1NC(=O)CC1CCCN1. The fraction of sp³-hybridized carbons (Fsp3) is 0.556. The lowest BCUT2D eigenvalue weighted by Gasteiger charge is -2.17. The van der Waals surface area contributed by atoms with Crippen molar-refractivity contribution in [2.45, 2.75) is 45.1 Å². The Morgan fingerprint density at radius 3 is 2.70 bits per heavy atom. The number of hydrogen-bond donors (Lipinski definition) is 2. The fourth-order valence-electron chi connectivity index (χ4n) is 3.40. The molecule has 23 heavy (non-hydrogen) atoms. The number of likely N-dealkylation sites (tertiary alicyclic amines) is 1. The topological polar surface area (TPSA) is 61.4 Å². The van der Waals surface area contributed by atoms with Gasteiger partial charge in [-0.25, -0.2) is 0 Å². The number of carbonyl (C=O) groups excluding carboxylic acids is 2. The van der Waals surface area contributed by atoms with E-state index in [2.05, 4.69) is 10.6 Å². The smallest absolute Gasteiger partial charge is 0.253 e. The van der Waals surface area contributed by atoms with E-state index in [1.165, 1.54) is 0 Å². The average Bonchev–Trinajstić information content (AvgIpc) is 3.21. The van der Waals surface area contributed by atoms with Crippen LogP contribution in [0.15, 0.2) is 18.2 Å². The van der Waals surface area contributed by atoms with Crippen LogP contribution in [0.3, 0.4) is 0 Å². The molecule has 0 bridgehead atoms. The molecule has 2 saturated heterocycles. The summed E-state index contributed by atoms with van der Waals surface area (Å²) in [7, 11) is 0. The van der Waals surface area contributed by atoms with Gasteiger partial charge in [0.2, 0.25) is 5.91 Å². The van der Waals surface area contributed by atoms with Crippen LogP contribution in [0.25, 0.3) is 0 Å². The van der Waals surface area contributed by atoms with E-state index in [4.69, 9.17) is 0 Å². The van der Waals surface area contributed by atoms with Crippen LogP contribution in [0, 0.1) is 6.92 Å². The molecule has 2 N–H and O–H groups in total. The van der Waals surface area contributed by atoms with Gasteiger partial charge in [0.05, 0.1) is 0 Å². The van der Waals surface area contributed by atoms with Crippen LogP contribution < -0.4 is 10.6 Å². The maximum absolute atomic E-state index is 12.4. The molecule has 2 fully saturated rings. The molecule has 2 amide bonds. The van der Waals surface area contributed by atoms with Crippen molar-refractivity contribution < 1.29 is 9.59 Å². The summed E-state index contributed by atoms with van der Waals surface area (Å²) in [5.41, 5.74) is 2.44. The molecular formula is C18H25N3O2. The first-order valence-corrected chi connectivity index (χ1v) is 8.56. The normalized spacial score (nSPS) is 20.7. The van der Waals surface area contributed by atoms with E-state index >= 15 is 0 Å². The van der Waals surface area contributed by atoms with Gasteiger partial charge < -0.3 is 15.5 Å². The summed E-state index contributed by atoms with van der Waals surface area (Å²) in [6, 6.07) is 5.84. The third kappa shape index (κ3) is 3.91. The van der Waals surface area contributed by atoms with Crippen molar-refractivity contribution in [3.05, 3.63) is 29.3 Å². The lowest BCUT2D eigenvalue weighted by atomic mass is 10.1. The standard InChI is InChI=1S/C18H25N3O2/c1-13-11-14(18(23)21-9-2-3-10-21)6-7-16(13)20-17(22)12-15-5-4-8-19-15/h6-7,11,15,19H,2-5,8-10,12H2,1H3,(H,20,22). The van der Waals surface area contributed by atoms with Gasteiger partial charge in [0.25, 0.3) is 5.91 Å². The number of hydrogen-bond acceptors (Lipinski definition) is 3. The van der Waals surface area contributed by atoms with Crippen molar-refractivity contribution in [1.29, 1.82) is 0 Å². The molecule has 5 heteroatoms. The highest BCUT2D eigenvalue weighted by Crippen LogP contribution is 2.20. The first kappa shape index (κ1) is 16.0. The highest BCUT2D eigenvalue weighted by Gasteiger charge is 2.21. The maximum Gasteiger partial charge on any atom is 0.253 e. The second-order valence-corrected chi connectivity index (χ2v) is 6.57. The van der Waals surface area contributed by atoms with Crippen LogP contribution in [0.4, 0.5) is 5.69 Å². The molecule has 0 radical (unpaired) electrons. The molecule has 3 rings (SSSR count). The second-order valence-electron chi connectivity index (χ2n) is 6.57. The second kappa shape index (κ2) is 7.13. The molecule has 5 nitrogen and oxygen atoms in total. The van der Waals surface area contributed by atoms with Crippen LogP contribution in [0.5, 0.6) is 0 Å². The molecule has 0 saturated carbocycles. The van der Waals surface area contributed by atoms with Gasteiger partial charge in [-0.1, -0.05) is 0 Å². The van der Waals surface area contributed by atoms with Crippen LogP contribution in [0.2, 0.25) is 0 Å². The number of aryl methyl sites for hydroxylation is 1. The van der Waals surface area contributed by atoms with E-state index in [1.54, 1.807) is 0 Å². The highest BCUT2D eigenvalue weighted by molar-refractivity contribution is 5.96. The minimum atomic E-state index is 0.0334. The van der Waals surface area contributed by atoms with Gasteiger partial charge in [-0.05, 0) is 62.9 Å². The summed E-state index contributed by atoms with van der Waals surface area (Å²) in [6.07, 6.45) is 4.90. The Kier molecular flexibility index (Phi) is 4.96. The van der Waals surface area contributed by atoms with E-state index in [0.717, 1.165) is 56.6 Å². The fourth-order valence-corrected chi connectivity index (χ4v) is 3.40. The Morgan fingerprint density at radius 1 is 1.26 bits per heavy atom. The van der Waals surface area contributed by atoms with Gasteiger partial charge in [-0.2, -0.15) is 0 Å². The van der Waals surface area contributed by atoms with Gasteiger partial charge in [0.1, 0.15) is 0 Å². The summed E-state index contributed by atoms with van der Waals surface area (Å²) < 4.78 is 0. The van der Waals surface area contributed by atoms with E-state index in [0.29, 0.717) is 18.0 Å². The zero-order chi connectivity index (χ0) is 16.2. The molecule has 2 aliphatic heterocycles. The number of nitrogens with zero attached hydrogens (tertiary/aromatic N) is 1. The molecule has 0 aromatic heterocycles. The number of carbonyl (C=O) groups is 2. The summed E-state index contributed by atoms with van der Waals surface area (Å²) in [6.45, 7) is 4.64. The third-order valence-corrected chi connectivity index (χ3v) is 4.73. The molecule has 0 aliphatic carbocycles. The molecule has 2 aliphatic rings. The highest BCUT2D eigenvalue weighted by atomic mass is 16.2. The minimum absolute atomic E-state index is 0.0334. The van der Waals surface area contributed by atoms with Crippen LogP contribution in [-0.2, 0) is 4.79 Å². The molecule has 124 valence electrons. The van der Waals surface area contributed by atoms with Crippen molar-refractivity contribution in [3.8, 4) is 0 Å². The maximum atomic E-state index is 12.4. The Balaban J connectivity index is 1.62. The van der Waals surface area contributed by atoms with Crippen LogP contribution >= 0.6 is 0 Å². The van der Waals surface area contributed by atoms with Gasteiger partial charge >= 0.3 is 0 Å². The number of amides is 2. The Morgan fingerprint density at radius 2 is 2.04 bits per heavy atom. The minimum Gasteiger partial charge on any atom is -0.339 e. The summed E-state index contributed by atoms with van der Waals surface area (Å²) >= 11 is 0. The van der Waals surface area contributed by atoms with Gasteiger partial charge in [-0.15, -0.1) is 0 Å². The molecule has 1 aromatic rings. The monoisotopic (exact) mass is 315 g/mol. The summed E-state index contributed by atoms with van der Waals surface area (Å²) in [5.74, 6) is 0.129. The van der Waals surface area contributed by atoms with Crippen molar-refractivity contribution in [2.75, 3.05) is 25.0 Å². The number of benzene rings is 1. The van der Waals surface area contributed by atoms with Crippen molar-refractivity contribution in [1.82, 2.24) is 10.2 Å². The molecular weight excluding hydrogens is 290 g/mol. The predicted molar refractivity (Wildman–Crippen MR) is 90.6 cm³/mol. The Bertz CT molecular complexity index is 588. The molecule has 1 unspecified atom stereocenters. The lowest BCUT2D eigenvalue weighted by Crippen LogP contribution is -2.28. The largest absolute Gasteiger partial charge is 0.339 e. The Labute approximate surface area is 137 Å². The summed E-state index contributed by atoms with van der Waals surface area (Å²) in [5, 5.41) is 6.30. The number of anilines is 1.